The number of nitrogens with one attached hydrogen (secondary N) is 1. The number of amides is 1. The third-order valence-electron chi connectivity index (χ3n) is 8.61. The van der Waals surface area contributed by atoms with Crippen molar-refractivity contribution in [2.24, 2.45) is 11.8 Å². The molecule has 7 rings (SSSR count). The van der Waals surface area contributed by atoms with Gasteiger partial charge in [-0.3, -0.25) is 9.69 Å². The van der Waals surface area contributed by atoms with Gasteiger partial charge in [0.15, 0.2) is 16.6 Å². The summed E-state index contributed by atoms with van der Waals surface area (Å²) in [5.74, 6) is 2.24. The number of anilines is 1. The van der Waals surface area contributed by atoms with Gasteiger partial charge >= 0.3 is 0 Å². The zero-order valence-corrected chi connectivity index (χ0v) is 21.0. The number of likely N-dealkylation sites (tertiary alicyclic amines) is 1. The fourth-order valence-corrected chi connectivity index (χ4v) is 8.13. The van der Waals surface area contributed by atoms with E-state index in [-0.39, 0.29) is 17.9 Å². The van der Waals surface area contributed by atoms with E-state index in [0.717, 1.165) is 55.7 Å². The maximum atomic E-state index is 13.4. The largest absolute Gasteiger partial charge is 0.486 e. The van der Waals surface area contributed by atoms with E-state index in [4.69, 9.17) is 14.5 Å². The van der Waals surface area contributed by atoms with Crippen LogP contribution in [-0.2, 0) is 24.1 Å². The molecule has 5 heterocycles. The van der Waals surface area contributed by atoms with Crippen molar-refractivity contribution in [3.05, 3.63) is 34.3 Å². The Balaban J connectivity index is 1.16. The molecule has 1 amide bonds. The molecule has 1 aliphatic carbocycles. The molecule has 0 saturated carbocycles. The first-order chi connectivity index (χ1) is 17.2. The Bertz CT molecular complexity index is 1090. The lowest BCUT2D eigenvalue weighted by atomic mass is 9.78. The molecule has 7 nitrogen and oxygen atoms in total. The van der Waals surface area contributed by atoms with Gasteiger partial charge in [0.1, 0.15) is 13.2 Å². The fourth-order valence-electron chi connectivity index (χ4n) is 6.96. The molecular formula is C27H34N4O3S. The quantitative estimate of drug-likeness (QED) is 0.705. The first kappa shape index (κ1) is 21.9. The lowest BCUT2D eigenvalue weighted by Crippen LogP contribution is -2.63. The zero-order valence-electron chi connectivity index (χ0n) is 20.2. The Morgan fingerprint density at radius 1 is 1.03 bits per heavy atom. The number of ether oxygens (including phenoxy) is 2. The first-order valence-corrected chi connectivity index (χ1v) is 14.2. The van der Waals surface area contributed by atoms with E-state index in [1.54, 1.807) is 0 Å². The number of aromatic nitrogens is 1. The summed E-state index contributed by atoms with van der Waals surface area (Å²) >= 11 is 1.87. The Kier molecular flexibility index (Phi) is 5.61. The third-order valence-corrected chi connectivity index (χ3v) is 9.83. The minimum Gasteiger partial charge on any atom is -0.486 e. The molecule has 1 aromatic carbocycles. The van der Waals surface area contributed by atoms with Crippen molar-refractivity contribution in [1.82, 2.24) is 15.2 Å². The molecule has 35 heavy (non-hydrogen) atoms. The molecule has 186 valence electrons. The minimum atomic E-state index is 0.0399. The summed E-state index contributed by atoms with van der Waals surface area (Å²) in [6.45, 7) is 5.18. The summed E-state index contributed by atoms with van der Waals surface area (Å²) in [5, 5.41) is 4.61. The van der Waals surface area contributed by atoms with E-state index in [9.17, 15) is 4.79 Å². The number of benzene rings is 1. The average molecular weight is 495 g/mol. The number of hydrogen-bond acceptors (Lipinski definition) is 7. The number of thiazole rings is 1. The molecular weight excluding hydrogens is 460 g/mol. The number of fused-ring (bicyclic) bond motifs is 3. The Hall–Kier alpha value is -2.32. The highest BCUT2D eigenvalue weighted by Crippen LogP contribution is 2.41. The van der Waals surface area contributed by atoms with Crippen LogP contribution in [-0.4, -0.2) is 67.3 Å². The number of hydrogen-bond donors (Lipinski definition) is 1. The molecule has 4 aliphatic heterocycles. The summed E-state index contributed by atoms with van der Waals surface area (Å²) in [6.07, 6.45) is 8.13. The van der Waals surface area contributed by atoms with Crippen LogP contribution in [0.1, 0.15) is 41.8 Å². The maximum absolute atomic E-state index is 13.4. The van der Waals surface area contributed by atoms with E-state index in [1.807, 2.05) is 17.4 Å². The fraction of sp³-hybridized carbons (Fsp3) is 0.630. The number of rotatable bonds is 4. The number of nitrogens with zero attached hydrogens (tertiary/aromatic N) is 3. The predicted molar refractivity (Wildman–Crippen MR) is 136 cm³/mol. The molecule has 5 aliphatic rings. The zero-order chi connectivity index (χ0) is 23.4. The highest BCUT2D eigenvalue weighted by Gasteiger charge is 2.51. The second kappa shape index (κ2) is 8.96. The van der Waals surface area contributed by atoms with Crippen LogP contribution >= 0.6 is 11.3 Å². The second-order valence-corrected chi connectivity index (χ2v) is 11.8. The van der Waals surface area contributed by atoms with Crippen LogP contribution in [0.15, 0.2) is 18.2 Å². The van der Waals surface area contributed by atoms with E-state index in [2.05, 4.69) is 27.2 Å². The van der Waals surface area contributed by atoms with Crippen molar-refractivity contribution in [3.8, 4) is 11.5 Å². The normalized spacial score (nSPS) is 30.2. The van der Waals surface area contributed by atoms with Crippen molar-refractivity contribution < 1.29 is 14.3 Å². The number of carbonyl (C=O) groups excluding carboxylic acids is 1. The number of carbonyl (C=O) groups is 1. The standard InChI is InChI=1S/C27H34N4O3S/c32-26-19-16-31(27-29-20-5-1-2-6-24(20)35-27)15-18(19)25(30-9-3-4-10-30)21(28-26)13-17-7-8-22-23(14-17)34-12-11-33-22/h7-8,14,18-19,21,25H,1-6,9-13,15-16H2,(H,28,32). The lowest BCUT2D eigenvalue weighted by Gasteiger charge is -2.44. The van der Waals surface area contributed by atoms with Crippen LogP contribution in [0.2, 0.25) is 0 Å². The molecule has 0 bridgehead atoms. The monoisotopic (exact) mass is 494 g/mol. The van der Waals surface area contributed by atoms with Gasteiger partial charge in [0.25, 0.3) is 0 Å². The van der Waals surface area contributed by atoms with Gasteiger partial charge in [-0.2, -0.15) is 0 Å². The second-order valence-electron chi connectivity index (χ2n) is 10.8. The van der Waals surface area contributed by atoms with E-state index in [1.165, 1.54) is 48.2 Å². The van der Waals surface area contributed by atoms with E-state index in [0.29, 0.717) is 25.2 Å². The molecule has 1 N–H and O–H groups in total. The first-order valence-electron chi connectivity index (χ1n) is 13.4. The Morgan fingerprint density at radius 2 is 1.86 bits per heavy atom. The topological polar surface area (TPSA) is 66.9 Å². The van der Waals surface area contributed by atoms with Crippen molar-refractivity contribution >= 4 is 22.4 Å². The number of piperidine rings is 1. The molecule has 0 spiro atoms. The smallest absolute Gasteiger partial charge is 0.225 e. The van der Waals surface area contributed by atoms with Crippen LogP contribution in [0.25, 0.3) is 0 Å². The van der Waals surface area contributed by atoms with E-state index >= 15 is 0 Å². The summed E-state index contributed by atoms with van der Waals surface area (Å²) in [7, 11) is 0. The molecule has 2 aromatic rings. The lowest BCUT2D eigenvalue weighted by molar-refractivity contribution is -0.131. The van der Waals surface area contributed by atoms with Crippen LogP contribution in [0, 0.1) is 11.8 Å². The highest BCUT2D eigenvalue weighted by molar-refractivity contribution is 7.15. The average Bonchev–Trinajstić information content (AvgIpc) is 3.63. The summed E-state index contributed by atoms with van der Waals surface area (Å²) in [5.41, 5.74) is 2.51. The molecule has 4 atom stereocenters. The van der Waals surface area contributed by atoms with Crippen molar-refractivity contribution in [1.29, 1.82) is 0 Å². The van der Waals surface area contributed by atoms with Gasteiger partial charge in [-0.05, 0) is 75.7 Å². The van der Waals surface area contributed by atoms with Crippen molar-refractivity contribution in [2.75, 3.05) is 44.3 Å². The van der Waals surface area contributed by atoms with Gasteiger partial charge in [-0.15, -0.1) is 11.3 Å². The summed E-state index contributed by atoms with van der Waals surface area (Å²) in [6, 6.07) is 6.72. The molecule has 8 heteroatoms. The van der Waals surface area contributed by atoms with E-state index < -0.39 is 0 Å². The minimum absolute atomic E-state index is 0.0399. The molecule has 4 unspecified atom stereocenters. The molecule has 3 fully saturated rings. The van der Waals surface area contributed by atoms with Gasteiger partial charge in [-0.1, -0.05) is 6.07 Å². The maximum Gasteiger partial charge on any atom is 0.225 e. The molecule has 1 aromatic heterocycles. The van der Waals surface area contributed by atoms with Gasteiger partial charge in [0.05, 0.1) is 11.6 Å². The van der Waals surface area contributed by atoms with Crippen LogP contribution in [0.3, 0.4) is 0 Å². The van der Waals surface area contributed by atoms with Crippen LogP contribution in [0.4, 0.5) is 5.13 Å². The van der Waals surface area contributed by atoms with Crippen molar-refractivity contribution in [3.63, 3.8) is 0 Å². The van der Waals surface area contributed by atoms with Crippen LogP contribution < -0.4 is 19.7 Å². The number of aryl methyl sites for hydroxylation is 2. The molecule has 0 radical (unpaired) electrons. The predicted octanol–water partition coefficient (Wildman–Crippen LogP) is 3.05. The SMILES string of the molecule is O=C1NC(Cc2ccc3c(c2)OCCO3)C(N2CCCC2)C2CN(c3nc4c(s3)CCCC4)CC12. The molecule has 3 saturated heterocycles. The van der Waals surface area contributed by atoms with Crippen LogP contribution in [0.5, 0.6) is 11.5 Å². The summed E-state index contributed by atoms with van der Waals surface area (Å²) in [4.78, 5) is 25.0. The Morgan fingerprint density at radius 3 is 2.71 bits per heavy atom. The van der Waals surface area contributed by atoms with Gasteiger partial charge in [0.2, 0.25) is 5.91 Å². The Labute approximate surface area is 210 Å². The highest BCUT2D eigenvalue weighted by atomic mass is 32.1. The van der Waals surface area contributed by atoms with Gasteiger partial charge < -0.3 is 19.7 Å². The summed E-state index contributed by atoms with van der Waals surface area (Å²) < 4.78 is 11.5. The van der Waals surface area contributed by atoms with Gasteiger partial charge in [-0.25, -0.2) is 4.98 Å². The van der Waals surface area contributed by atoms with Gasteiger partial charge in [0, 0.05) is 36.0 Å². The van der Waals surface area contributed by atoms with Crippen molar-refractivity contribution in [2.45, 2.75) is 57.0 Å². The third kappa shape index (κ3) is 3.99.